The molecule has 1 aliphatic heterocycles. The lowest BCUT2D eigenvalue weighted by Gasteiger charge is -2.24. The molecule has 0 saturated carbocycles. The Labute approximate surface area is 351 Å². The van der Waals surface area contributed by atoms with E-state index in [1.807, 2.05) is 12.1 Å². The first-order valence-electron chi connectivity index (χ1n) is 20.8. The van der Waals surface area contributed by atoms with Crippen molar-refractivity contribution < 1.29 is 47.3 Å². The van der Waals surface area contributed by atoms with Crippen molar-refractivity contribution in [3.05, 3.63) is 64.2 Å². The average molecular weight is 864 g/mol. The number of aliphatic hydroxyl groups excluding tert-OH is 2. The van der Waals surface area contributed by atoms with Crippen LogP contribution in [0.5, 0.6) is 0 Å². The van der Waals surface area contributed by atoms with E-state index in [9.17, 15) is 34.6 Å². The maximum Gasteiger partial charge on any atom is 0.472 e. The SMILES string of the molecule is CCCCCCCCCCCCCCCCCCOC[C@H](COP(=O)(O)OC[C@H]1O[C@@](C#N)(c2ccc3c(N)ccnn23)[C@H](O)[C@@H]1O)OCc1cc(F)c(Cl)c(C#N)c1. The second-order valence-corrected chi connectivity index (χ2v) is 17.0. The summed E-state index contributed by atoms with van der Waals surface area (Å²) in [6.45, 7) is 1.20. The van der Waals surface area contributed by atoms with Gasteiger partial charge in [0, 0.05) is 12.8 Å². The van der Waals surface area contributed by atoms with Gasteiger partial charge < -0.3 is 35.1 Å². The third kappa shape index (κ3) is 14.5. The molecule has 4 rings (SSSR count). The summed E-state index contributed by atoms with van der Waals surface area (Å²) in [6.07, 6.45) is 15.5. The molecule has 3 heterocycles. The Kier molecular flexibility index (Phi) is 20.5. The molecular weight excluding hydrogens is 804 g/mol. The van der Waals surface area contributed by atoms with E-state index < -0.39 is 56.9 Å². The van der Waals surface area contributed by atoms with Gasteiger partial charge in [0.1, 0.15) is 42.4 Å². The Morgan fingerprint density at radius 2 is 1.59 bits per heavy atom. The summed E-state index contributed by atoms with van der Waals surface area (Å²) in [4.78, 5) is 10.6. The predicted molar refractivity (Wildman–Crippen MR) is 221 cm³/mol. The number of hydrogen-bond acceptors (Lipinski definition) is 12. The summed E-state index contributed by atoms with van der Waals surface area (Å²) in [6, 6.07) is 10.9. The number of rotatable bonds is 29. The molecule has 3 aromatic rings. The smallest absolute Gasteiger partial charge is 0.397 e. The molecule has 326 valence electrons. The van der Waals surface area contributed by atoms with E-state index in [0.29, 0.717) is 23.4 Å². The highest BCUT2D eigenvalue weighted by Gasteiger charge is 2.58. The van der Waals surface area contributed by atoms with E-state index in [2.05, 4.69) is 12.0 Å². The largest absolute Gasteiger partial charge is 0.472 e. The highest BCUT2D eigenvalue weighted by molar-refractivity contribution is 7.47. The molecule has 0 spiro atoms. The maximum absolute atomic E-state index is 14.3. The van der Waals surface area contributed by atoms with Gasteiger partial charge in [0.2, 0.25) is 5.60 Å². The standard InChI is InChI=1S/C42H60ClFN5O9P/c1-2-3-4-5-6-7-8-9-10-11-12-13-14-15-16-17-22-54-27-33(55-26-31-23-32(25-45)39(43)34(44)24-31)28-56-59(52,53)57-29-37-40(50)41(51)42(30-46,58-37)38-19-18-36-35(47)20-21-48-49(36)38/h18-21,23-24,33,37,40-41,50-51H,2-17,22,26-29,47H2,1H3,(H,52,53)/t33-,37-,40-,41-,42+/m1/s1. The summed E-state index contributed by atoms with van der Waals surface area (Å²) >= 11 is 5.88. The second kappa shape index (κ2) is 24.9. The van der Waals surface area contributed by atoms with Crippen LogP contribution in [0.3, 0.4) is 0 Å². The van der Waals surface area contributed by atoms with Gasteiger partial charge in [-0.05, 0) is 42.3 Å². The van der Waals surface area contributed by atoms with E-state index in [1.165, 1.54) is 106 Å². The minimum atomic E-state index is -4.85. The van der Waals surface area contributed by atoms with Crippen LogP contribution in [0.1, 0.15) is 126 Å². The summed E-state index contributed by atoms with van der Waals surface area (Å²) < 4.78 is 56.6. The Bertz CT molecular complexity index is 1880. The number of benzene rings is 1. The number of ether oxygens (including phenoxy) is 3. The molecule has 2 aromatic heterocycles. The summed E-state index contributed by atoms with van der Waals surface area (Å²) in [5.41, 5.74) is 5.00. The second-order valence-electron chi connectivity index (χ2n) is 15.2. The van der Waals surface area contributed by atoms with Crippen LogP contribution < -0.4 is 5.73 Å². The number of fused-ring (bicyclic) bond motifs is 1. The molecule has 59 heavy (non-hydrogen) atoms. The van der Waals surface area contributed by atoms with Gasteiger partial charge in [0.05, 0.1) is 53.9 Å². The monoisotopic (exact) mass is 863 g/mol. The van der Waals surface area contributed by atoms with Gasteiger partial charge in [0.15, 0.2) is 0 Å². The summed E-state index contributed by atoms with van der Waals surface area (Å²) in [7, 11) is -4.85. The molecular formula is C42H60ClFN5O9P. The first kappa shape index (κ1) is 48.5. The highest BCUT2D eigenvalue weighted by Crippen LogP contribution is 2.46. The zero-order chi connectivity index (χ0) is 42.7. The van der Waals surface area contributed by atoms with Crippen molar-refractivity contribution in [1.29, 1.82) is 10.5 Å². The molecule has 0 bridgehead atoms. The third-order valence-corrected chi connectivity index (χ3v) is 11.9. The van der Waals surface area contributed by atoms with Crippen molar-refractivity contribution in [2.75, 3.05) is 32.2 Å². The molecule has 5 N–H and O–H groups in total. The molecule has 0 radical (unpaired) electrons. The van der Waals surface area contributed by atoms with Crippen molar-refractivity contribution >= 4 is 30.6 Å². The van der Waals surface area contributed by atoms with Crippen molar-refractivity contribution in [3.8, 4) is 12.1 Å². The van der Waals surface area contributed by atoms with E-state index >= 15 is 0 Å². The number of phosphoric acid groups is 1. The molecule has 1 fully saturated rings. The molecule has 1 aliphatic rings. The van der Waals surface area contributed by atoms with Crippen molar-refractivity contribution in [1.82, 2.24) is 9.61 Å². The molecule has 1 aromatic carbocycles. The topological polar surface area (TPSA) is 215 Å². The number of hydrogen-bond donors (Lipinski definition) is 4. The molecule has 1 saturated heterocycles. The van der Waals surface area contributed by atoms with Crippen LogP contribution in [0.25, 0.3) is 5.52 Å². The average Bonchev–Trinajstić information content (AvgIpc) is 3.77. The number of nitrogen functional groups attached to an aromatic ring is 1. The first-order chi connectivity index (χ1) is 28.5. The van der Waals surface area contributed by atoms with E-state index in [1.54, 1.807) is 12.1 Å². The van der Waals surface area contributed by atoms with Crippen LogP contribution >= 0.6 is 19.4 Å². The van der Waals surface area contributed by atoms with Crippen molar-refractivity contribution in [2.45, 2.75) is 146 Å². The van der Waals surface area contributed by atoms with Crippen LogP contribution in [0, 0.1) is 28.5 Å². The van der Waals surface area contributed by atoms with Gasteiger partial charge in [-0.1, -0.05) is 115 Å². The third-order valence-electron chi connectivity index (χ3n) is 10.6. The maximum atomic E-state index is 14.3. The van der Waals surface area contributed by atoms with E-state index in [0.717, 1.165) is 25.3 Å². The number of aromatic nitrogens is 2. The van der Waals surface area contributed by atoms with Gasteiger partial charge >= 0.3 is 7.82 Å². The number of halogens is 2. The van der Waals surface area contributed by atoms with Crippen LogP contribution in [-0.4, -0.2) is 75.6 Å². The quantitative estimate of drug-likeness (QED) is 0.0381. The number of nitrogens with two attached hydrogens (primary N) is 1. The Balaban J connectivity index is 1.22. The fraction of sp³-hybridized carbons (Fsp3) is 0.643. The Hall–Kier alpha value is -3.18. The number of unbranched alkanes of at least 4 members (excludes halogenated alkanes) is 15. The number of nitriles is 2. The molecule has 0 aliphatic carbocycles. The lowest BCUT2D eigenvalue weighted by atomic mass is 9.92. The molecule has 14 nitrogen and oxygen atoms in total. The fourth-order valence-electron chi connectivity index (χ4n) is 7.15. The van der Waals surface area contributed by atoms with Crippen LogP contribution in [0.4, 0.5) is 10.1 Å². The van der Waals surface area contributed by atoms with Gasteiger partial charge in [-0.25, -0.2) is 13.5 Å². The Morgan fingerprint density at radius 3 is 2.20 bits per heavy atom. The van der Waals surface area contributed by atoms with Crippen LogP contribution in [0.15, 0.2) is 36.5 Å². The van der Waals surface area contributed by atoms with Crippen molar-refractivity contribution in [3.63, 3.8) is 0 Å². The van der Waals surface area contributed by atoms with Crippen LogP contribution in [0.2, 0.25) is 5.02 Å². The van der Waals surface area contributed by atoms with Gasteiger partial charge in [-0.15, -0.1) is 0 Å². The van der Waals surface area contributed by atoms with Crippen LogP contribution in [-0.2, 0) is 40.0 Å². The van der Waals surface area contributed by atoms with E-state index in [4.69, 9.17) is 40.6 Å². The fourth-order valence-corrected chi connectivity index (χ4v) is 8.07. The summed E-state index contributed by atoms with van der Waals surface area (Å²) in [5, 5.41) is 45.2. The van der Waals surface area contributed by atoms with Gasteiger partial charge in [-0.3, -0.25) is 9.05 Å². The van der Waals surface area contributed by atoms with E-state index in [-0.39, 0.29) is 29.5 Å². The van der Waals surface area contributed by atoms with Crippen molar-refractivity contribution in [2.24, 2.45) is 0 Å². The lowest BCUT2D eigenvalue weighted by Crippen LogP contribution is -2.41. The van der Waals surface area contributed by atoms with Gasteiger partial charge in [0.25, 0.3) is 0 Å². The molecule has 6 atom stereocenters. The zero-order valence-corrected chi connectivity index (χ0v) is 35.6. The first-order valence-corrected chi connectivity index (χ1v) is 22.7. The minimum absolute atomic E-state index is 0.0366. The Morgan fingerprint density at radius 1 is 0.966 bits per heavy atom. The predicted octanol–water partition coefficient (Wildman–Crippen LogP) is 8.42. The number of aliphatic hydroxyl groups is 2. The summed E-state index contributed by atoms with van der Waals surface area (Å²) in [5.74, 6) is -0.794. The minimum Gasteiger partial charge on any atom is -0.397 e. The number of anilines is 1. The molecule has 0 amide bonds. The zero-order valence-electron chi connectivity index (χ0n) is 34.0. The molecule has 1 unspecified atom stereocenters. The number of nitrogens with zero attached hydrogens (tertiary/aromatic N) is 4. The normalized spacial score (nSPS) is 20.7. The lowest BCUT2D eigenvalue weighted by molar-refractivity contribution is -0.0690. The highest BCUT2D eigenvalue weighted by atomic mass is 35.5. The number of phosphoric ester groups is 1. The van der Waals surface area contributed by atoms with Gasteiger partial charge in [-0.2, -0.15) is 15.6 Å². The molecule has 17 heteroatoms.